The third-order valence-corrected chi connectivity index (χ3v) is 4.79. The van der Waals surface area contributed by atoms with Crippen LogP contribution in [0.25, 0.3) is 0 Å². The van der Waals surface area contributed by atoms with Crippen molar-refractivity contribution >= 4 is 21.7 Å². The maximum atomic E-state index is 12.2. The highest BCUT2D eigenvalue weighted by molar-refractivity contribution is 7.85. The summed E-state index contributed by atoms with van der Waals surface area (Å²) in [6.07, 6.45) is 4.76. The molecule has 2 N–H and O–H groups in total. The molecule has 24 heavy (non-hydrogen) atoms. The number of amides is 1. The second-order valence-corrected chi connectivity index (χ2v) is 7.11. The Morgan fingerprint density at radius 2 is 2.04 bits per heavy atom. The second-order valence-electron chi connectivity index (χ2n) is 5.69. The largest absolute Gasteiger partial charge is 0.373 e. The van der Waals surface area contributed by atoms with Gasteiger partial charge in [-0.25, -0.2) is 0 Å². The van der Waals surface area contributed by atoms with E-state index < -0.39 is 16.0 Å². The predicted molar refractivity (Wildman–Crippen MR) is 88.6 cm³/mol. The molecule has 0 radical (unpaired) electrons. The number of nitrogens with zero attached hydrogens (tertiary/aromatic N) is 2. The summed E-state index contributed by atoms with van der Waals surface area (Å²) in [6, 6.07) is 7.22. The van der Waals surface area contributed by atoms with E-state index in [0.717, 1.165) is 25.8 Å². The summed E-state index contributed by atoms with van der Waals surface area (Å²) in [7, 11) is -4.28. The number of hydrogen-bond donors (Lipinski definition) is 2. The lowest BCUT2D eigenvalue weighted by Crippen LogP contribution is -2.34. The third-order valence-electron chi connectivity index (χ3n) is 3.92. The second kappa shape index (κ2) is 7.47. The molecule has 0 saturated carbocycles. The van der Waals surface area contributed by atoms with E-state index in [1.54, 1.807) is 6.20 Å². The minimum Gasteiger partial charge on any atom is -0.373 e. The number of anilines is 1. The molecule has 0 spiro atoms. The van der Waals surface area contributed by atoms with Crippen LogP contribution in [-0.4, -0.2) is 36.4 Å². The molecule has 1 saturated heterocycles. The lowest BCUT2D eigenvalue weighted by Gasteiger charge is -2.32. The normalized spacial score (nSPS) is 18.8. The van der Waals surface area contributed by atoms with Gasteiger partial charge in [-0.05, 0) is 50.5 Å². The topological polar surface area (TPSA) is 111 Å². The number of piperidine rings is 1. The number of likely N-dealkylation sites (tertiary alicyclic amines) is 1. The average Bonchev–Trinajstić information content (AvgIpc) is 2.53. The Kier molecular flexibility index (Phi) is 5.59. The highest BCUT2D eigenvalue weighted by Crippen LogP contribution is 2.18. The summed E-state index contributed by atoms with van der Waals surface area (Å²) in [6.45, 7) is 2.86. The zero-order chi connectivity index (χ0) is 17.7. The molecule has 1 aliphatic heterocycles. The van der Waals surface area contributed by atoms with Gasteiger partial charge in [0.25, 0.3) is 16.0 Å². The molecular formula is C16H19N3O4S. The molecular weight excluding hydrogens is 330 g/mol. The van der Waals surface area contributed by atoms with Crippen molar-refractivity contribution in [1.82, 2.24) is 4.90 Å². The fourth-order valence-corrected chi connectivity index (χ4v) is 3.00. The number of nitrogens with one attached hydrogen (secondary N) is 1. The van der Waals surface area contributed by atoms with Gasteiger partial charge in [-0.1, -0.05) is 0 Å². The van der Waals surface area contributed by atoms with E-state index in [-0.39, 0.29) is 16.5 Å². The SMILES string of the molecule is CC1CCCCN1/C=C(/C#N)C(=O)Nc1ccc(S(=O)(=O)O)cc1. The van der Waals surface area contributed by atoms with Crippen molar-refractivity contribution in [1.29, 1.82) is 5.26 Å². The summed E-state index contributed by atoms with van der Waals surface area (Å²) in [5.74, 6) is -0.560. The van der Waals surface area contributed by atoms with Crippen LogP contribution in [0.1, 0.15) is 26.2 Å². The lowest BCUT2D eigenvalue weighted by molar-refractivity contribution is -0.112. The van der Waals surface area contributed by atoms with E-state index >= 15 is 0 Å². The fraction of sp³-hybridized carbons (Fsp3) is 0.375. The zero-order valence-corrected chi connectivity index (χ0v) is 14.1. The first-order valence-electron chi connectivity index (χ1n) is 7.58. The highest BCUT2D eigenvalue weighted by Gasteiger charge is 2.18. The molecule has 1 amide bonds. The van der Waals surface area contributed by atoms with E-state index in [9.17, 15) is 18.5 Å². The van der Waals surface area contributed by atoms with Crippen molar-refractivity contribution in [2.24, 2.45) is 0 Å². The van der Waals surface area contributed by atoms with Crippen LogP contribution in [0, 0.1) is 11.3 Å². The Balaban J connectivity index is 2.11. The molecule has 0 aliphatic carbocycles. The van der Waals surface area contributed by atoms with Gasteiger partial charge in [-0.2, -0.15) is 13.7 Å². The summed E-state index contributed by atoms with van der Waals surface area (Å²) in [4.78, 5) is 13.9. The van der Waals surface area contributed by atoms with Crippen LogP contribution >= 0.6 is 0 Å². The Hall–Kier alpha value is -2.37. The minimum absolute atomic E-state index is 0.0115. The zero-order valence-electron chi connectivity index (χ0n) is 13.3. The monoisotopic (exact) mass is 349 g/mol. The maximum Gasteiger partial charge on any atom is 0.294 e. The number of benzene rings is 1. The fourth-order valence-electron chi connectivity index (χ4n) is 2.52. The molecule has 0 bridgehead atoms. The number of nitriles is 1. The maximum absolute atomic E-state index is 12.2. The third kappa shape index (κ3) is 4.57. The Bertz CT molecular complexity index is 779. The van der Waals surface area contributed by atoms with Gasteiger partial charge in [0.05, 0.1) is 4.90 Å². The summed E-state index contributed by atoms with van der Waals surface area (Å²) in [5, 5.41) is 11.8. The van der Waals surface area contributed by atoms with E-state index in [4.69, 9.17) is 4.55 Å². The van der Waals surface area contributed by atoms with E-state index in [1.165, 1.54) is 24.3 Å². The number of hydrogen-bond acceptors (Lipinski definition) is 5. The van der Waals surface area contributed by atoms with Gasteiger partial charge in [0.1, 0.15) is 11.6 Å². The Morgan fingerprint density at radius 3 is 2.58 bits per heavy atom. The molecule has 0 aromatic heterocycles. The van der Waals surface area contributed by atoms with Gasteiger partial charge in [-0.15, -0.1) is 0 Å². The summed E-state index contributed by atoms with van der Waals surface area (Å²) >= 11 is 0. The summed E-state index contributed by atoms with van der Waals surface area (Å²) < 4.78 is 30.9. The molecule has 7 nitrogen and oxygen atoms in total. The van der Waals surface area contributed by atoms with Gasteiger partial charge in [-0.3, -0.25) is 9.35 Å². The smallest absolute Gasteiger partial charge is 0.294 e. The molecule has 1 atom stereocenters. The molecule has 1 heterocycles. The molecule has 128 valence electrons. The Labute approximate surface area is 141 Å². The van der Waals surface area contributed by atoms with Gasteiger partial charge in [0, 0.05) is 24.5 Å². The van der Waals surface area contributed by atoms with Crippen LogP contribution in [-0.2, 0) is 14.9 Å². The standard InChI is InChI=1S/C16H19N3O4S/c1-12-4-2-3-9-19(12)11-13(10-17)16(20)18-14-5-7-15(8-6-14)24(21,22)23/h5-8,11-12H,2-4,9H2,1H3,(H,18,20)(H,21,22,23)/b13-11-. The molecule has 1 unspecified atom stereocenters. The van der Waals surface area contributed by atoms with Crippen LogP contribution in [0.15, 0.2) is 40.9 Å². The molecule has 8 heteroatoms. The number of rotatable bonds is 4. The van der Waals surface area contributed by atoms with Crippen LogP contribution in [0.3, 0.4) is 0 Å². The molecule has 2 rings (SSSR count). The lowest BCUT2D eigenvalue weighted by atomic mass is 10.0. The number of carbonyl (C=O) groups excluding carboxylic acids is 1. The first-order valence-corrected chi connectivity index (χ1v) is 9.02. The van der Waals surface area contributed by atoms with Crippen LogP contribution in [0.2, 0.25) is 0 Å². The minimum atomic E-state index is -4.28. The van der Waals surface area contributed by atoms with E-state index in [1.807, 2.05) is 11.0 Å². The molecule has 1 aliphatic rings. The number of carbonyl (C=O) groups is 1. The van der Waals surface area contributed by atoms with Crippen molar-refractivity contribution in [2.45, 2.75) is 37.1 Å². The van der Waals surface area contributed by atoms with Gasteiger partial charge in [0.2, 0.25) is 0 Å². The average molecular weight is 349 g/mol. The van der Waals surface area contributed by atoms with Crippen molar-refractivity contribution in [3.05, 3.63) is 36.0 Å². The van der Waals surface area contributed by atoms with Crippen LogP contribution in [0.5, 0.6) is 0 Å². The summed E-state index contributed by atoms with van der Waals surface area (Å²) in [5.41, 5.74) is 0.322. The first kappa shape index (κ1) is 18.0. The predicted octanol–water partition coefficient (Wildman–Crippen LogP) is 2.15. The van der Waals surface area contributed by atoms with Crippen molar-refractivity contribution in [3.8, 4) is 6.07 Å². The highest BCUT2D eigenvalue weighted by atomic mass is 32.2. The van der Waals surface area contributed by atoms with Gasteiger partial charge < -0.3 is 10.2 Å². The van der Waals surface area contributed by atoms with Crippen LogP contribution in [0.4, 0.5) is 5.69 Å². The first-order chi connectivity index (χ1) is 11.3. The molecule has 1 aromatic rings. The molecule has 1 aromatic carbocycles. The van der Waals surface area contributed by atoms with Crippen molar-refractivity contribution < 1.29 is 17.8 Å². The Morgan fingerprint density at radius 1 is 1.38 bits per heavy atom. The quantitative estimate of drug-likeness (QED) is 0.489. The van der Waals surface area contributed by atoms with Crippen molar-refractivity contribution in [3.63, 3.8) is 0 Å². The van der Waals surface area contributed by atoms with Gasteiger partial charge in [0.15, 0.2) is 0 Å². The van der Waals surface area contributed by atoms with Crippen LogP contribution < -0.4 is 5.32 Å². The van der Waals surface area contributed by atoms with E-state index in [2.05, 4.69) is 12.2 Å². The molecule has 1 fully saturated rings. The van der Waals surface area contributed by atoms with Crippen molar-refractivity contribution in [2.75, 3.05) is 11.9 Å². The van der Waals surface area contributed by atoms with E-state index in [0.29, 0.717) is 5.69 Å². The van der Waals surface area contributed by atoms with Gasteiger partial charge >= 0.3 is 0 Å².